The van der Waals surface area contributed by atoms with Crippen LogP contribution in [0.2, 0.25) is 0 Å². The number of carbonyl (C=O) groups excluding carboxylic acids is 1. The summed E-state index contributed by atoms with van der Waals surface area (Å²) < 4.78 is 0. The molecule has 0 radical (unpaired) electrons. The van der Waals surface area contributed by atoms with E-state index < -0.39 is 11.9 Å². The van der Waals surface area contributed by atoms with E-state index >= 15 is 0 Å². The van der Waals surface area contributed by atoms with E-state index in [9.17, 15) is 14.7 Å². The summed E-state index contributed by atoms with van der Waals surface area (Å²) in [7, 11) is 0. The predicted molar refractivity (Wildman–Crippen MR) is 74.3 cm³/mol. The molecule has 5 heteroatoms. The van der Waals surface area contributed by atoms with E-state index in [0.717, 1.165) is 45.4 Å². The minimum absolute atomic E-state index is 0.101. The molecule has 1 amide bonds. The molecule has 20 heavy (non-hydrogen) atoms. The number of carboxylic acid groups (broad SMARTS) is 1. The van der Waals surface area contributed by atoms with Crippen molar-refractivity contribution in [2.75, 3.05) is 26.2 Å². The van der Waals surface area contributed by atoms with Crippen LogP contribution in [-0.4, -0.2) is 59.0 Å². The molecule has 3 aliphatic rings. The highest BCUT2D eigenvalue weighted by atomic mass is 16.4. The van der Waals surface area contributed by atoms with Crippen LogP contribution in [0.5, 0.6) is 0 Å². The minimum atomic E-state index is -0.793. The Bertz CT molecular complexity index is 399. The molecule has 2 heterocycles. The second-order valence-electron chi connectivity index (χ2n) is 6.45. The van der Waals surface area contributed by atoms with E-state index in [4.69, 9.17) is 0 Å². The number of carboxylic acids is 1. The molecule has 2 saturated heterocycles. The molecule has 1 aliphatic carbocycles. The molecule has 1 saturated carbocycles. The first-order valence-corrected chi connectivity index (χ1v) is 7.92. The Balaban J connectivity index is 1.68. The number of amides is 1. The van der Waals surface area contributed by atoms with Gasteiger partial charge in [0.2, 0.25) is 5.91 Å². The summed E-state index contributed by atoms with van der Waals surface area (Å²) in [6.07, 6.45) is 5.71. The lowest BCUT2D eigenvalue weighted by Crippen LogP contribution is -2.43. The van der Waals surface area contributed by atoms with Gasteiger partial charge in [-0.05, 0) is 38.6 Å². The van der Waals surface area contributed by atoms with Gasteiger partial charge in [0.05, 0.1) is 11.8 Å². The number of fused-ring (bicyclic) bond motifs is 1. The Morgan fingerprint density at radius 1 is 0.900 bits per heavy atom. The van der Waals surface area contributed by atoms with Crippen LogP contribution in [0.4, 0.5) is 0 Å². The Morgan fingerprint density at radius 2 is 1.65 bits per heavy atom. The first-order valence-electron chi connectivity index (χ1n) is 7.92. The smallest absolute Gasteiger partial charge is 0.307 e. The van der Waals surface area contributed by atoms with Crippen LogP contribution in [0.3, 0.4) is 0 Å². The molecule has 0 bridgehead atoms. The van der Waals surface area contributed by atoms with Gasteiger partial charge in [-0.25, -0.2) is 0 Å². The monoisotopic (exact) mass is 280 g/mol. The van der Waals surface area contributed by atoms with Gasteiger partial charge in [-0.15, -0.1) is 0 Å². The van der Waals surface area contributed by atoms with E-state index in [0.29, 0.717) is 12.5 Å². The van der Waals surface area contributed by atoms with Gasteiger partial charge in [0.1, 0.15) is 0 Å². The lowest BCUT2D eigenvalue weighted by Gasteiger charge is -2.29. The van der Waals surface area contributed by atoms with Crippen LogP contribution in [0.1, 0.15) is 38.5 Å². The van der Waals surface area contributed by atoms with E-state index in [1.165, 1.54) is 12.8 Å². The standard InChI is InChI=1S/C15H24N2O3/c18-14(12-5-1-6-13(12)15(19)20)17-9-3-8-16-7-2-4-11(16)10-17/h11-13H,1-10H2,(H,19,20). The van der Waals surface area contributed by atoms with Crippen LogP contribution < -0.4 is 0 Å². The molecule has 1 N–H and O–H groups in total. The van der Waals surface area contributed by atoms with Crippen molar-refractivity contribution in [2.45, 2.75) is 44.6 Å². The summed E-state index contributed by atoms with van der Waals surface area (Å²) in [5.41, 5.74) is 0. The fourth-order valence-electron chi connectivity index (χ4n) is 4.19. The van der Waals surface area contributed by atoms with Crippen molar-refractivity contribution in [1.82, 2.24) is 9.80 Å². The zero-order valence-electron chi connectivity index (χ0n) is 12.0. The van der Waals surface area contributed by atoms with E-state index in [1.807, 2.05) is 4.90 Å². The predicted octanol–water partition coefficient (Wildman–Crippen LogP) is 1.18. The maximum atomic E-state index is 12.7. The molecule has 112 valence electrons. The van der Waals surface area contributed by atoms with Gasteiger partial charge < -0.3 is 10.0 Å². The third-order valence-electron chi connectivity index (χ3n) is 5.27. The molecule has 0 spiro atoms. The first kappa shape index (κ1) is 13.9. The van der Waals surface area contributed by atoms with Gasteiger partial charge >= 0.3 is 5.97 Å². The average Bonchev–Trinajstić information content (AvgIpc) is 3.03. The zero-order valence-corrected chi connectivity index (χ0v) is 12.0. The maximum absolute atomic E-state index is 12.7. The quantitative estimate of drug-likeness (QED) is 0.825. The molecular weight excluding hydrogens is 256 g/mol. The molecular formula is C15H24N2O3. The van der Waals surface area contributed by atoms with Crippen molar-refractivity contribution in [3.8, 4) is 0 Å². The van der Waals surface area contributed by atoms with Crippen LogP contribution >= 0.6 is 0 Å². The summed E-state index contributed by atoms with van der Waals surface area (Å²) in [5, 5.41) is 9.26. The summed E-state index contributed by atoms with van der Waals surface area (Å²) >= 11 is 0. The van der Waals surface area contributed by atoms with Crippen molar-refractivity contribution >= 4 is 11.9 Å². The molecule has 3 atom stereocenters. The summed E-state index contributed by atoms with van der Waals surface area (Å²) in [5.74, 6) is -1.42. The Morgan fingerprint density at radius 3 is 2.45 bits per heavy atom. The summed E-state index contributed by atoms with van der Waals surface area (Å²) in [6, 6.07) is 0.506. The Hall–Kier alpha value is -1.10. The third kappa shape index (κ3) is 2.55. The van der Waals surface area contributed by atoms with Crippen LogP contribution in [0, 0.1) is 11.8 Å². The Labute approximate surface area is 119 Å². The highest BCUT2D eigenvalue weighted by Crippen LogP contribution is 2.34. The summed E-state index contributed by atoms with van der Waals surface area (Å²) in [6.45, 7) is 3.85. The fourth-order valence-corrected chi connectivity index (χ4v) is 4.19. The number of rotatable bonds is 2. The van der Waals surface area contributed by atoms with Crippen molar-refractivity contribution in [3.05, 3.63) is 0 Å². The third-order valence-corrected chi connectivity index (χ3v) is 5.27. The lowest BCUT2D eigenvalue weighted by molar-refractivity contribution is -0.149. The highest BCUT2D eigenvalue weighted by molar-refractivity contribution is 5.85. The number of nitrogens with zero attached hydrogens (tertiary/aromatic N) is 2. The molecule has 3 rings (SSSR count). The summed E-state index contributed by atoms with van der Waals surface area (Å²) in [4.78, 5) is 28.4. The van der Waals surface area contributed by atoms with Gasteiger partial charge in [0, 0.05) is 25.7 Å². The van der Waals surface area contributed by atoms with E-state index in [2.05, 4.69) is 4.90 Å². The average molecular weight is 280 g/mol. The second kappa shape index (κ2) is 5.72. The SMILES string of the molecule is O=C(O)C1CCCC1C(=O)N1CCCN2CCCC2C1. The molecule has 5 nitrogen and oxygen atoms in total. The number of aliphatic carboxylic acids is 1. The normalized spacial score (nSPS) is 34.8. The molecule has 0 aromatic heterocycles. The van der Waals surface area contributed by atoms with Crippen molar-refractivity contribution in [3.63, 3.8) is 0 Å². The van der Waals surface area contributed by atoms with Gasteiger partial charge in [-0.2, -0.15) is 0 Å². The Kier molecular flexibility index (Phi) is 3.96. The molecule has 0 aromatic carbocycles. The molecule has 3 fully saturated rings. The topological polar surface area (TPSA) is 60.9 Å². The van der Waals surface area contributed by atoms with Gasteiger partial charge in [-0.1, -0.05) is 6.42 Å². The van der Waals surface area contributed by atoms with Crippen LogP contribution in [0.15, 0.2) is 0 Å². The van der Waals surface area contributed by atoms with Crippen LogP contribution in [0.25, 0.3) is 0 Å². The minimum Gasteiger partial charge on any atom is -0.481 e. The first-order chi connectivity index (χ1) is 9.66. The van der Waals surface area contributed by atoms with Gasteiger partial charge in [0.25, 0.3) is 0 Å². The van der Waals surface area contributed by atoms with E-state index in [1.54, 1.807) is 0 Å². The number of hydrogen-bond donors (Lipinski definition) is 1. The van der Waals surface area contributed by atoms with Crippen LogP contribution in [-0.2, 0) is 9.59 Å². The fraction of sp³-hybridized carbons (Fsp3) is 0.867. The van der Waals surface area contributed by atoms with Crippen molar-refractivity contribution in [1.29, 1.82) is 0 Å². The van der Waals surface area contributed by atoms with Crippen molar-refractivity contribution < 1.29 is 14.7 Å². The highest BCUT2D eigenvalue weighted by Gasteiger charge is 2.41. The zero-order chi connectivity index (χ0) is 14.1. The second-order valence-corrected chi connectivity index (χ2v) is 6.45. The molecule has 2 aliphatic heterocycles. The van der Waals surface area contributed by atoms with Crippen molar-refractivity contribution in [2.24, 2.45) is 11.8 Å². The van der Waals surface area contributed by atoms with Gasteiger partial charge in [-0.3, -0.25) is 14.5 Å². The maximum Gasteiger partial charge on any atom is 0.307 e. The number of hydrogen-bond acceptors (Lipinski definition) is 3. The lowest BCUT2D eigenvalue weighted by atomic mass is 9.94. The number of carbonyl (C=O) groups is 2. The molecule has 3 unspecified atom stereocenters. The van der Waals surface area contributed by atoms with E-state index in [-0.39, 0.29) is 11.8 Å². The van der Waals surface area contributed by atoms with Gasteiger partial charge in [0.15, 0.2) is 0 Å². The molecule has 0 aromatic rings. The largest absolute Gasteiger partial charge is 0.481 e.